The zero-order chi connectivity index (χ0) is 20.2. The Bertz CT molecular complexity index is 976. The minimum atomic E-state index is -0.431. The van der Waals surface area contributed by atoms with Crippen LogP contribution in [0.25, 0.3) is 5.82 Å². The number of ether oxygens (including phenoxy) is 2. The van der Waals surface area contributed by atoms with Crippen LogP contribution in [-0.4, -0.2) is 45.5 Å². The number of halogens is 1. The number of hydrogen-bond acceptors (Lipinski definition) is 6. The van der Waals surface area contributed by atoms with Crippen LogP contribution in [0.5, 0.6) is 5.88 Å². The first-order valence-electron chi connectivity index (χ1n) is 8.99. The van der Waals surface area contributed by atoms with Crippen LogP contribution in [0.3, 0.4) is 0 Å². The van der Waals surface area contributed by atoms with Crippen LogP contribution >= 0.6 is 0 Å². The molecule has 150 valence electrons. The first-order chi connectivity index (χ1) is 14.1. The van der Waals surface area contributed by atoms with Gasteiger partial charge in [-0.25, -0.2) is 23.8 Å². The minimum Gasteiger partial charge on any atom is -0.481 e. The molecule has 4 rings (SSSR count). The molecule has 2 N–H and O–H groups in total. The summed E-state index contributed by atoms with van der Waals surface area (Å²) >= 11 is 0. The summed E-state index contributed by atoms with van der Waals surface area (Å²) in [6, 6.07) is 7.43. The standard InChI is InChI=1S/C19H19FN6O3/c1-28-17-5-2-12(10-22-17)18-14(7-9-29-18)23-19(27)24-15-6-8-26(25-15)16-4-3-13(20)11-21-16/h2-6,8,10-11,14,18H,7,9H2,1H3,(H2,23,24,25,27)/t14-,18+/m0/s1. The van der Waals surface area contributed by atoms with Crippen LogP contribution in [0.4, 0.5) is 15.0 Å². The predicted octanol–water partition coefficient (Wildman–Crippen LogP) is 2.46. The van der Waals surface area contributed by atoms with Gasteiger partial charge in [0.1, 0.15) is 11.9 Å². The number of methoxy groups -OCH3 is 1. The molecule has 10 heteroatoms. The number of carbonyl (C=O) groups excluding carboxylic acids is 1. The molecule has 0 aliphatic carbocycles. The SMILES string of the molecule is COc1ccc([C@H]2OCC[C@@H]2NC(=O)Nc2ccn(-c3ccc(F)cn3)n2)cn1. The number of aromatic nitrogens is 4. The summed E-state index contributed by atoms with van der Waals surface area (Å²) in [6.45, 7) is 0.534. The lowest BCUT2D eigenvalue weighted by Gasteiger charge is -2.20. The monoisotopic (exact) mass is 398 g/mol. The molecular formula is C19H19FN6O3. The fraction of sp³-hybridized carbons (Fsp3) is 0.263. The Hall–Kier alpha value is -3.53. The Morgan fingerprint density at radius 2 is 2.14 bits per heavy atom. The molecule has 3 aromatic heterocycles. The summed E-state index contributed by atoms with van der Waals surface area (Å²) in [5.74, 6) is 0.866. The van der Waals surface area contributed by atoms with Gasteiger partial charge in [-0.2, -0.15) is 0 Å². The maximum absolute atomic E-state index is 13.0. The van der Waals surface area contributed by atoms with Crippen LogP contribution in [0.15, 0.2) is 48.9 Å². The number of anilines is 1. The zero-order valence-electron chi connectivity index (χ0n) is 15.6. The van der Waals surface area contributed by atoms with Crippen LogP contribution in [0.1, 0.15) is 18.1 Å². The lowest BCUT2D eigenvalue weighted by Crippen LogP contribution is -2.39. The second-order valence-corrected chi connectivity index (χ2v) is 6.40. The molecule has 2 atom stereocenters. The number of nitrogens with zero attached hydrogens (tertiary/aromatic N) is 4. The zero-order valence-corrected chi connectivity index (χ0v) is 15.6. The van der Waals surface area contributed by atoms with Crippen molar-refractivity contribution in [2.45, 2.75) is 18.6 Å². The topological polar surface area (TPSA) is 103 Å². The van der Waals surface area contributed by atoms with Gasteiger partial charge < -0.3 is 14.8 Å². The fourth-order valence-corrected chi connectivity index (χ4v) is 3.09. The number of urea groups is 1. The van der Waals surface area contributed by atoms with E-state index in [4.69, 9.17) is 9.47 Å². The summed E-state index contributed by atoms with van der Waals surface area (Å²) < 4.78 is 25.3. The van der Waals surface area contributed by atoms with Crippen molar-refractivity contribution < 1.29 is 18.7 Å². The first-order valence-corrected chi connectivity index (χ1v) is 8.99. The summed E-state index contributed by atoms with van der Waals surface area (Å²) in [5, 5.41) is 9.82. The van der Waals surface area contributed by atoms with E-state index in [2.05, 4.69) is 25.7 Å². The Balaban J connectivity index is 1.38. The van der Waals surface area contributed by atoms with Crippen LogP contribution in [0, 0.1) is 5.82 Å². The Kier molecular flexibility index (Phi) is 5.34. The fourth-order valence-electron chi connectivity index (χ4n) is 3.09. The lowest BCUT2D eigenvalue weighted by molar-refractivity contribution is 0.100. The van der Waals surface area contributed by atoms with Gasteiger partial charge in [0.25, 0.3) is 0 Å². The molecule has 0 spiro atoms. The highest BCUT2D eigenvalue weighted by Crippen LogP contribution is 2.29. The summed E-state index contributed by atoms with van der Waals surface area (Å²) in [4.78, 5) is 20.5. The van der Waals surface area contributed by atoms with Gasteiger partial charge in [-0.1, -0.05) is 0 Å². The molecular weight excluding hydrogens is 379 g/mol. The van der Waals surface area contributed by atoms with Crippen LogP contribution < -0.4 is 15.4 Å². The number of carbonyl (C=O) groups is 1. The third kappa shape index (κ3) is 4.32. The first kappa shape index (κ1) is 18.8. The van der Waals surface area contributed by atoms with E-state index >= 15 is 0 Å². The van der Waals surface area contributed by atoms with Gasteiger partial charge in [-0.15, -0.1) is 5.10 Å². The third-order valence-corrected chi connectivity index (χ3v) is 4.48. The normalized spacial score (nSPS) is 18.4. The third-order valence-electron chi connectivity index (χ3n) is 4.48. The number of amides is 2. The van der Waals surface area contributed by atoms with Gasteiger partial charge in [0, 0.05) is 36.7 Å². The minimum absolute atomic E-state index is 0.203. The van der Waals surface area contributed by atoms with E-state index in [1.165, 1.54) is 16.8 Å². The smallest absolute Gasteiger partial charge is 0.320 e. The van der Waals surface area contributed by atoms with E-state index in [1.54, 1.807) is 31.6 Å². The van der Waals surface area contributed by atoms with Gasteiger partial charge >= 0.3 is 6.03 Å². The molecule has 3 aromatic rings. The molecule has 0 saturated carbocycles. The predicted molar refractivity (Wildman–Crippen MR) is 101 cm³/mol. The number of pyridine rings is 2. The quantitative estimate of drug-likeness (QED) is 0.684. The second-order valence-electron chi connectivity index (χ2n) is 6.40. The van der Waals surface area contributed by atoms with Gasteiger partial charge in [0.2, 0.25) is 5.88 Å². The van der Waals surface area contributed by atoms with E-state index in [-0.39, 0.29) is 12.1 Å². The Labute approximate surface area is 165 Å². The molecule has 0 radical (unpaired) electrons. The van der Waals surface area contributed by atoms with Crippen molar-refractivity contribution in [1.29, 1.82) is 0 Å². The second kappa shape index (κ2) is 8.23. The molecule has 4 heterocycles. The molecule has 1 fully saturated rings. The van der Waals surface area contributed by atoms with Crippen molar-refractivity contribution in [1.82, 2.24) is 25.1 Å². The van der Waals surface area contributed by atoms with Gasteiger partial charge in [-0.05, 0) is 24.6 Å². The van der Waals surface area contributed by atoms with E-state index < -0.39 is 11.8 Å². The molecule has 1 saturated heterocycles. The van der Waals surface area contributed by atoms with Crippen LogP contribution in [0.2, 0.25) is 0 Å². The van der Waals surface area contributed by atoms with Crippen molar-refractivity contribution in [3.8, 4) is 11.7 Å². The van der Waals surface area contributed by atoms with Crippen molar-refractivity contribution in [2.75, 3.05) is 19.0 Å². The van der Waals surface area contributed by atoms with Crippen molar-refractivity contribution in [3.63, 3.8) is 0 Å². The number of nitrogens with one attached hydrogen (secondary N) is 2. The van der Waals surface area contributed by atoms with Crippen molar-refractivity contribution in [3.05, 3.63) is 60.3 Å². The summed E-state index contributed by atoms with van der Waals surface area (Å²) in [7, 11) is 1.55. The van der Waals surface area contributed by atoms with E-state index in [0.717, 1.165) is 11.8 Å². The van der Waals surface area contributed by atoms with Gasteiger partial charge in [-0.3, -0.25) is 5.32 Å². The number of rotatable bonds is 5. The van der Waals surface area contributed by atoms with Crippen LogP contribution in [-0.2, 0) is 4.74 Å². The largest absolute Gasteiger partial charge is 0.481 e. The highest BCUT2D eigenvalue weighted by molar-refractivity contribution is 5.88. The Morgan fingerprint density at radius 3 is 2.86 bits per heavy atom. The lowest BCUT2D eigenvalue weighted by atomic mass is 10.0. The van der Waals surface area contributed by atoms with Gasteiger partial charge in [0.05, 0.1) is 19.3 Å². The van der Waals surface area contributed by atoms with Gasteiger partial charge in [0.15, 0.2) is 11.6 Å². The Morgan fingerprint density at radius 1 is 1.24 bits per heavy atom. The highest BCUT2D eigenvalue weighted by Gasteiger charge is 2.31. The molecule has 0 bridgehead atoms. The molecule has 0 unspecified atom stereocenters. The average Bonchev–Trinajstić information content (AvgIpc) is 3.38. The van der Waals surface area contributed by atoms with Crippen molar-refractivity contribution in [2.24, 2.45) is 0 Å². The average molecular weight is 398 g/mol. The molecule has 0 aromatic carbocycles. The van der Waals surface area contributed by atoms with Crippen molar-refractivity contribution >= 4 is 11.8 Å². The number of hydrogen-bond donors (Lipinski definition) is 2. The van der Waals surface area contributed by atoms with E-state index in [1.807, 2.05) is 6.07 Å². The maximum atomic E-state index is 13.0. The summed E-state index contributed by atoms with van der Waals surface area (Å²) in [5.41, 5.74) is 0.861. The highest BCUT2D eigenvalue weighted by atomic mass is 19.1. The van der Waals surface area contributed by atoms with E-state index in [0.29, 0.717) is 30.5 Å². The molecule has 9 nitrogen and oxygen atoms in total. The molecule has 29 heavy (non-hydrogen) atoms. The molecule has 1 aliphatic rings. The summed E-state index contributed by atoms with van der Waals surface area (Å²) in [6.07, 6.45) is 4.79. The molecule has 2 amide bonds. The van der Waals surface area contributed by atoms with E-state index in [9.17, 15) is 9.18 Å². The maximum Gasteiger partial charge on any atom is 0.320 e. The molecule has 1 aliphatic heterocycles.